The monoisotopic (exact) mass is 500 g/mol. The van der Waals surface area contributed by atoms with Gasteiger partial charge in [-0.05, 0) is 0 Å². The van der Waals surface area contributed by atoms with Crippen LogP contribution < -0.4 is 0 Å². The summed E-state index contributed by atoms with van der Waals surface area (Å²) in [6.45, 7) is 0. The maximum atomic E-state index is 13.4. The summed E-state index contributed by atoms with van der Waals surface area (Å²) in [5.74, 6) is -35.3. The fraction of sp³-hybridized carbons (Fsp3) is 1.00. The third kappa shape index (κ3) is 3.26. The second-order valence-electron chi connectivity index (χ2n) is 4.94. The molecule has 0 aromatic heterocycles. The third-order valence-electron chi connectivity index (χ3n) is 3.09. The molecule has 1 atom stereocenters. The highest BCUT2D eigenvalue weighted by molar-refractivity contribution is 7.87. The van der Waals surface area contributed by atoms with Gasteiger partial charge in [0.05, 0.1) is 0 Å². The van der Waals surface area contributed by atoms with Crippen molar-refractivity contribution in [3.8, 4) is 0 Å². The van der Waals surface area contributed by atoms with E-state index in [2.05, 4.69) is 0 Å². The lowest BCUT2D eigenvalue weighted by Crippen LogP contribution is -2.78. The fourth-order valence-electron chi connectivity index (χ4n) is 1.51. The molecule has 0 amide bonds. The first kappa shape index (κ1) is 27.7. The van der Waals surface area contributed by atoms with Crippen LogP contribution in [0.5, 0.6) is 0 Å². The highest BCUT2D eigenvalue weighted by Gasteiger charge is 2.98. The summed E-state index contributed by atoms with van der Waals surface area (Å²) in [4.78, 5) is 0. The van der Waals surface area contributed by atoms with Crippen LogP contribution >= 0.6 is 0 Å². The highest BCUT2D eigenvalue weighted by Crippen LogP contribution is 2.66. The van der Waals surface area contributed by atoms with Crippen molar-refractivity contribution in [2.45, 2.75) is 47.0 Å². The Morgan fingerprint density at radius 2 is 0.759 bits per heavy atom. The fourth-order valence-corrected chi connectivity index (χ4v) is 1.96. The first-order chi connectivity index (χ1) is 12.0. The molecule has 3 nitrogen and oxygen atoms in total. The molecule has 0 aliphatic carbocycles. The molecule has 0 heterocycles. The molecule has 0 aromatic carbocycles. The normalized spacial score (nSPS) is 18.6. The second-order valence-corrected chi connectivity index (χ2v) is 6.41. The van der Waals surface area contributed by atoms with Crippen molar-refractivity contribution in [3.63, 3.8) is 0 Å². The maximum Gasteiger partial charge on any atom is 0.457 e. The number of rotatable bonds is 6. The SMILES string of the molecule is O=S(=O)(O)C(F)(F)C(F)(F)C(F)(F)C(F)(F)C(F)(C(F)(F)F)C(F)(F)C(F)(F)F. The van der Waals surface area contributed by atoms with E-state index in [0.29, 0.717) is 0 Å². The first-order valence-electron chi connectivity index (χ1n) is 5.68. The predicted octanol–water partition coefficient (Wildman–Crippen LogP) is 4.84. The van der Waals surface area contributed by atoms with Gasteiger partial charge in [0.2, 0.25) is 0 Å². The van der Waals surface area contributed by atoms with E-state index in [1.807, 2.05) is 0 Å². The lowest BCUT2D eigenvalue weighted by Gasteiger charge is -2.44. The van der Waals surface area contributed by atoms with Crippen LogP contribution in [-0.4, -0.2) is 59.9 Å². The van der Waals surface area contributed by atoms with E-state index in [0.717, 1.165) is 0 Å². The van der Waals surface area contributed by atoms with Gasteiger partial charge in [-0.15, -0.1) is 0 Å². The molecule has 0 aromatic rings. The van der Waals surface area contributed by atoms with E-state index in [4.69, 9.17) is 4.55 Å². The van der Waals surface area contributed by atoms with E-state index >= 15 is 0 Å². The molecule has 0 bridgehead atoms. The Morgan fingerprint density at radius 3 is 0.966 bits per heavy atom. The minimum Gasteiger partial charge on any atom is -0.281 e. The van der Waals surface area contributed by atoms with Gasteiger partial charge in [0.1, 0.15) is 0 Å². The average molecular weight is 500 g/mol. The van der Waals surface area contributed by atoms with Crippen LogP contribution in [-0.2, 0) is 10.1 Å². The minimum absolute atomic E-state index is 7.68. The first-order valence-corrected chi connectivity index (χ1v) is 7.12. The zero-order valence-electron chi connectivity index (χ0n) is 12.1. The van der Waals surface area contributed by atoms with Gasteiger partial charge in [-0.1, -0.05) is 0 Å². The molecule has 0 saturated carbocycles. The lowest BCUT2D eigenvalue weighted by molar-refractivity contribution is -0.465. The van der Waals surface area contributed by atoms with E-state index < -0.39 is 57.1 Å². The molecule has 0 rings (SSSR count). The topological polar surface area (TPSA) is 54.4 Å². The Morgan fingerprint density at radius 1 is 0.448 bits per heavy atom. The summed E-state index contributed by atoms with van der Waals surface area (Å²) in [7, 11) is -7.96. The highest BCUT2D eigenvalue weighted by atomic mass is 32.2. The molecule has 0 fully saturated rings. The summed E-state index contributed by atoms with van der Waals surface area (Å²) in [6, 6.07) is 0. The summed E-state index contributed by atoms with van der Waals surface area (Å²) >= 11 is 0. The van der Waals surface area contributed by atoms with E-state index in [-0.39, 0.29) is 0 Å². The van der Waals surface area contributed by atoms with Crippen molar-refractivity contribution in [3.05, 3.63) is 0 Å². The summed E-state index contributed by atoms with van der Waals surface area (Å²) < 4.78 is 244. The van der Waals surface area contributed by atoms with Crippen molar-refractivity contribution in [2.75, 3.05) is 0 Å². The van der Waals surface area contributed by atoms with Crippen molar-refractivity contribution in [1.29, 1.82) is 0 Å². The summed E-state index contributed by atoms with van der Waals surface area (Å²) in [6.07, 6.45) is -16.6. The standard InChI is InChI=1S/C8HF17O3S/c9-1(6(18,19)20,3(12,13)7(21,22)23)2(10,11)4(14,15)5(16,17)8(24,25)29(26,27)28/h(H,26,27,28). The van der Waals surface area contributed by atoms with Crippen molar-refractivity contribution < 1.29 is 87.6 Å². The van der Waals surface area contributed by atoms with Gasteiger partial charge < -0.3 is 0 Å². The van der Waals surface area contributed by atoms with E-state index in [1.165, 1.54) is 0 Å². The molecule has 1 N–H and O–H groups in total. The molecular weight excluding hydrogens is 499 g/mol. The van der Waals surface area contributed by atoms with Gasteiger partial charge in [-0.2, -0.15) is 78.7 Å². The van der Waals surface area contributed by atoms with Crippen molar-refractivity contribution in [1.82, 2.24) is 0 Å². The number of hydrogen-bond acceptors (Lipinski definition) is 2. The van der Waals surface area contributed by atoms with Gasteiger partial charge in [0, 0.05) is 0 Å². The number of hydrogen-bond donors (Lipinski definition) is 1. The van der Waals surface area contributed by atoms with Crippen molar-refractivity contribution >= 4 is 10.1 Å². The Labute approximate surface area is 146 Å². The van der Waals surface area contributed by atoms with Gasteiger partial charge >= 0.3 is 57.1 Å². The Balaban J connectivity index is 7.29. The number of alkyl halides is 17. The molecular formula is C8HF17O3S. The van der Waals surface area contributed by atoms with Gasteiger partial charge in [-0.25, -0.2) is 4.39 Å². The van der Waals surface area contributed by atoms with E-state index in [1.54, 1.807) is 0 Å². The molecule has 1 unspecified atom stereocenters. The molecule has 0 aliphatic rings. The Hall–Kier alpha value is -1.28. The Kier molecular flexibility index (Phi) is 6.08. The van der Waals surface area contributed by atoms with Gasteiger partial charge in [0.25, 0.3) is 0 Å². The summed E-state index contributed by atoms with van der Waals surface area (Å²) in [5.41, 5.74) is -9.03. The quantitative estimate of drug-likeness (QED) is 0.420. The zero-order chi connectivity index (χ0) is 24.5. The lowest BCUT2D eigenvalue weighted by atomic mass is 9.83. The zero-order valence-corrected chi connectivity index (χ0v) is 12.9. The number of halogens is 17. The molecule has 0 aliphatic heterocycles. The van der Waals surface area contributed by atoms with Gasteiger partial charge in [0.15, 0.2) is 0 Å². The average Bonchev–Trinajstić information content (AvgIpc) is 2.41. The van der Waals surface area contributed by atoms with Crippen LogP contribution in [0.25, 0.3) is 0 Å². The largest absolute Gasteiger partial charge is 0.457 e. The summed E-state index contributed by atoms with van der Waals surface area (Å²) in [5, 5.41) is -7.92. The molecule has 0 saturated heterocycles. The molecule has 0 radical (unpaired) electrons. The Bertz CT molecular complexity index is 731. The van der Waals surface area contributed by atoms with Crippen LogP contribution in [0.4, 0.5) is 74.6 Å². The maximum absolute atomic E-state index is 13.4. The van der Waals surface area contributed by atoms with Gasteiger partial charge in [-0.3, -0.25) is 4.55 Å². The van der Waals surface area contributed by atoms with Crippen LogP contribution in [0.2, 0.25) is 0 Å². The van der Waals surface area contributed by atoms with Crippen molar-refractivity contribution in [2.24, 2.45) is 0 Å². The van der Waals surface area contributed by atoms with Crippen LogP contribution in [0.15, 0.2) is 0 Å². The van der Waals surface area contributed by atoms with Crippen LogP contribution in [0.1, 0.15) is 0 Å². The van der Waals surface area contributed by atoms with Crippen LogP contribution in [0, 0.1) is 0 Å². The molecule has 0 spiro atoms. The minimum atomic E-state index is -9.12. The third-order valence-corrected chi connectivity index (χ3v) is 3.99. The molecule has 176 valence electrons. The second kappa shape index (κ2) is 6.36. The molecule has 21 heteroatoms. The van der Waals surface area contributed by atoms with E-state index in [9.17, 15) is 83.1 Å². The van der Waals surface area contributed by atoms with Crippen LogP contribution in [0.3, 0.4) is 0 Å². The predicted molar refractivity (Wildman–Crippen MR) is 52.2 cm³/mol. The molecule has 29 heavy (non-hydrogen) atoms. The smallest absolute Gasteiger partial charge is 0.281 e.